The van der Waals surface area contributed by atoms with Gasteiger partial charge in [-0.1, -0.05) is 17.7 Å². The summed E-state index contributed by atoms with van der Waals surface area (Å²) in [5.74, 6) is 1.66. The van der Waals surface area contributed by atoms with E-state index in [1.54, 1.807) is 19.2 Å². The summed E-state index contributed by atoms with van der Waals surface area (Å²) < 4.78 is 5.57. The van der Waals surface area contributed by atoms with Crippen molar-refractivity contribution in [3.8, 4) is 5.75 Å². The van der Waals surface area contributed by atoms with E-state index in [0.29, 0.717) is 22.8 Å². The highest BCUT2D eigenvalue weighted by Gasteiger charge is 2.40. The molecule has 4 heteroatoms. The number of Topliss-reactive ketones (excluding diaryl/α,β-unsaturated/α-hetero) is 1. The van der Waals surface area contributed by atoms with E-state index in [1.807, 2.05) is 6.07 Å². The van der Waals surface area contributed by atoms with Crippen LogP contribution < -0.4 is 0 Å². The van der Waals surface area contributed by atoms with Gasteiger partial charge in [-0.2, -0.15) is 0 Å². The summed E-state index contributed by atoms with van der Waals surface area (Å²) in [7, 11) is 1.62. The highest BCUT2D eigenvalue weighted by atomic mass is 35.5. The number of benzene rings is 1. The van der Waals surface area contributed by atoms with E-state index in [2.05, 4.69) is 0 Å². The number of ketones is 1. The van der Waals surface area contributed by atoms with Crippen molar-refractivity contribution >= 4 is 23.1 Å². The summed E-state index contributed by atoms with van der Waals surface area (Å²) >= 11 is 6.18. The predicted octanol–water partition coefficient (Wildman–Crippen LogP) is 3.79. The molecule has 2 aliphatic rings. The molecule has 0 saturated heterocycles. The summed E-state index contributed by atoms with van der Waals surface area (Å²) in [6.45, 7) is 0. The number of allylic oxidation sites excluding steroid dienone is 1. The van der Waals surface area contributed by atoms with Crippen LogP contribution in [0.4, 0.5) is 0 Å². The maximum Gasteiger partial charge on any atom is 0.136 e. The van der Waals surface area contributed by atoms with Crippen LogP contribution in [0.3, 0.4) is 0 Å². The zero-order chi connectivity index (χ0) is 14.3. The van der Waals surface area contributed by atoms with Gasteiger partial charge in [-0.15, -0.1) is 0 Å². The molecular formula is C16H17ClO3. The average Bonchev–Trinajstić information content (AvgIpc) is 2.73. The van der Waals surface area contributed by atoms with E-state index in [9.17, 15) is 9.90 Å². The lowest BCUT2D eigenvalue weighted by molar-refractivity contribution is -0.120. The minimum Gasteiger partial charge on any atom is -0.506 e. The number of carbonyl (C=O) groups is 1. The minimum atomic E-state index is 0.0514. The molecule has 1 aromatic carbocycles. The lowest BCUT2D eigenvalue weighted by Gasteiger charge is -2.24. The second-order valence-corrected chi connectivity index (χ2v) is 5.91. The minimum absolute atomic E-state index is 0.0514. The van der Waals surface area contributed by atoms with E-state index in [-0.39, 0.29) is 17.6 Å². The molecule has 2 fully saturated rings. The number of hydrogen-bond donors (Lipinski definition) is 1. The van der Waals surface area contributed by atoms with Crippen LogP contribution in [0.1, 0.15) is 31.2 Å². The summed E-state index contributed by atoms with van der Waals surface area (Å²) in [5, 5.41) is 10.1. The third-order valence-corrected chi connectivity index (χ3v) is 4.84. The molecule has 0 spiro atoms. The number of phenolic OH excluding ortho intramolecular Hbond substituents is 1. The molecule has 0 amide bonds. The topological polar surface area (TPSA) is 46.5 Å². The van der Waals surface area contributed by atoms with Gasteiger partial charge in [-0.3, -0.25) is 4.79 Å². The molecule has 0 aliphatic heterocycles. The van der Waals surface area contributed by atoms with Crippen LogP contribution >= 0.6 is 11.6 Å². The Balaban J connectivity index is 2.07. The normalized spacial score (nSPS) is 27.6. The van der Waals surface area contributed by atoms with E-state index in [1.165, 1.54) is 5.57 Å². The first kappa shape index (κ1) is 13.5. The van der Waals surface area contributed by atoms with Crippen LogP contribution in [-0.4, -0.2) is 18.0 Å². The SMILES string of the molecule is CO/C(=C1/CCC2CC1CC2=O)c1cccc(O)c1Cl. The van der Waals surface area contributed by atoms with E-state index in [4.69, 9.17) is 16.3 Å². The van der Waals surface area contributed by atoms with Crippen molar-refractivity contribution in [2.45, 2.75) is 25.7 Å². The number of carbonyl (C=O) groups excluding carboxylic acids is 1. The Hall–Kier alpha value is -1.48. The predicted molar refractivity (Wildman–Crippen MR) is 77.5 cm³/mol. The molecule has 2 unspecified atom stereocenters. The summed E-state index contributed by atoms with van der Waals surface area (Å²) in [6.07, 6.45) is 3.31. The summed E-state index contributed by atoms with van der Waals surface area (Å²) in [6, 6.07) is 5.15. The van der Waals surface area contributed by atoms with E-state index < -0.39 is 0 Å². The Labute approximate surface area is 123 Å². The van der Waals surface area contributed by atoms with Gasteiger partial charge in [0.05, 0.1) is 12.1 Å². The van der Waals surface area contributed by atoms with Crippen LogP contribution in [0.2, 0.25) is 5.02 Å². The fraction of sp³-hybridized carbons (Fsp3) is 0.438. The number of halogens is 1. The zero-order valence-corrected chi connectivity index (χ0v) is 12.1. The Bertz CT molecular complexity index is 591. The molecule has 2 aliphatic carbocycles. The highest BCUT2D eigenvalue weighted by Crippen LogP contribution is 2.47. The molecule has 2 bridgehead atoms. The molecule has 3 nitrogen and oxygen atoms in total. The first-order valence-corrected chi connectivity index (χ1v) is 7.27. The summed E-state index contributed by atoms with van der Waals surface area (Å²) in [4.78, 5) is 11.8. The second kappa shape index (κ2) is 5.13. The van der Waals surface area contributed by atoms with Gasteiger partial charge in [0.15, 0.2) is 0 Å². The van der Waals surface area contributed by atoms with Crippen molar-refractivity contribution in [2.24, 2.45) is 11.8 Å². The van der Waals surface area contributed by atoms with E-state index >= 15 is 0 Å². The molecule has 2 saturated carbocycles. The van der Waals surface area contributed by atoms with Crippen LogP contribution in [0.15, 0.2) is 23.8 Å². The zero-order valence-electron chi connectivity index (χ0n) is 11.4. The van der Waals surface area contributed by atoms with E-state index in [0.717, 1.165) is 25.0 Å². The lowest BCUT2D eigenvalue weighted by Crippen LogP contribution is -2.12. The van der Waals surface area contributed by atoms with Gasteiger partial charge >= 0.3 is 0 Å². The van der Waals surface area contributed by atoms with Gasteiger partial charge in [0.25, 0.3) is 0 Å². The van der Waals surface area contributed by atoms with Gasteiger partial charge in [0.1, 0.15) is 17.3 Å². The fourth-order valence-corrected chi connectivity index (χ4v) is 3.67. The summed E-state index contributed by atoms with van der Waals surface area (Å²) in [5.41, 5.74) is 1.88. The fourth-order valence-electron chi connectivity index (χ4n) is 3.45. The van der Waals surface area contributed by atoms with Crippen molar-refractivity contribution in [1.29, 1.82) is 0 Å². The van der Waals surface area contributed by atoms with Gasteiger partial charge in [-0.25, -0.2) is 0 Å². The standard InChI is InChI=1S/C16H17ClO3/c1-20-16(12-3-2-4-13(18)15(12)17)11-6-5-9-7-10(11)8-14(9)19/h2-4,9-10,18H,5-8H2,1H3/b16-11-. The number of methoxy groups -OCH3 is 1. The number of phenols is 1. The number of ether oxygens (including phenoxy) is 1. The van der Waals surface area contributed by atoms with Gasteiger partial charge in [0.2, 0.25) is 0 Å². The third kappa shape index (κ3) is 2.10. The Kier molecular flexibility index (Phi) is 3.47. The number of hydrogen-bond acceptors (Lipinski definition) is 3. The van der Waals surface area contributed by atoms with Crippen LogP contribution in [0.5, 0.6) is 5.75 Å². The molecule has 0 aromatic heterocycles. The Morgan fingerprint density at radius 1 is 1.40 bits per heavy atom. The van der Waals surface area contributed by atoms with Crippen molar-refractivity contribution < 1.29 is 14.6 Å². The average molecular weight is 293 g/mol. The maximum absolute atomic E-state index is 11.8. The van der Waals surface area contributed by atoms with Crippen molar-refractivity contribution in [1.82, 2.24) is 0 Å². The first-order valence-electron chi connectivity index (χ1n) is 6.89. The molecule has 3 rings (SSSR count). The molecule has 1 aromatic rings. The molecule has 2 atom stereocenters. The van der Waals surface area contributed by atoms with Crippen molar-refractivity contribution in [3.63, 3.8) is 0 Å². The van der Waals surface area contributed by atoms with Crippen LogP contribution in [0.25, 0.3) is 5.76 Å². The molecule has 106 valence electrons. The van der Waals surface area contributed by atoms with Gasteiger partial charge < -0.3 is 9.84 Å². The lowest BCUT2D eigenvalue weighted by atomic mass is 9.83. The Morgan fingerprint density at radius 3 is 2.95 bits per heavy atom. The monoisotopic (exact) mass is 292 g/mol. The smallest absolute Gasteiger partial charge is 0.136 e. The van der Waals surface area contributed by atoms with Crippen molar-refractivity contribution in [3.05, 3.63) is 34.4 Å². The maximum atomic E-state index is 11.8. The molecule has 0 heterocycles. The number of fused-ring (bicyclic) bond motifs is 2. The van der Waals surface area contributed by atoms with Crippen LogP contribution in [-0.2, 0) is 9.53 Å². The molecular weight excluding hydrogens is 276 g/mol. The molecule has 0 radical (unpaired) electrons. The van der Waals surface area contributed by atoms with Crippen LogP contribution in [0, 0.1) is 11.8 Å². The molecule has 1 N–H and O–H groups in total. The second-order valence-electron chi connectivity index (χ2n) is 5.54. The largest absolute Gasteiger partial charge is 0.506 e. The molecule has 20 heavy (non-hydrogen) atoms. The number of aromatic hydroxyl groups is 1. The third-order valence-electron chi connectivity index (χ3n) is 4.45. The quantitative estimate of drug-likeness (QED) is 0.844. The Morgan fingerprint density at radius 2 is 2.20 bits per heavy atom. The van der Waals surface area contributed by atoms with Crippen molar-refractivity contribution in [2.75, 3.05) is 7.11 Å². The highest BCUT2D eigenvalue weighted by molar-refractivity contribution is 6.33. The van der Waals surface area contributed by atoms with Gasteiger partial charge in [0, 0.05) is 17.9 Å². The number of rotatable bonds is 2. The first-order chi connectivity index (χ1) is 9.61. The van der Waals surface area contributed by atoms with Gasteiger partial charge in [-0.05, 0) is 42.9 Å².